The molecule has 0 aromatic heterocycles. The molecular formula is C23H25N3O2S. The lowest BCUT2D eigenvalue weighted by Crippen LogP contribution is -2.30. The summed E-state index contributed by atoms with van der Waals surface area (Å²) in [4.78, 5) is 16.9. The normalized spacial score (nSPS) is 18.7. The Morgan fingerprint density at radius 3 is 2.41 bits per heavy atom. The number of thiocarbonyl (C=S) groups is 1. The SMILES string of the molecule is COc1cccc(N2C(=O)/C(=C/c3ccc(N4CCCCCC4)cc3)NC2=S)c1. The van der Waals surface area contributed by atoms with E-state index in [1.54, 1.807) is 13.2 Å². The number of benzene rings is 2. The van der Waals surface area contributed by atoms with Crippen LogP contribution in [0.1, 0.15) is 31.2 Å². The second-order valence-electron chi connectivity index (χ2n) is 7.32. The first-order valence-electron chi connectivity index (χ1n) is 10.0. The molecule has 29 heavy (non-hydrogen) atoms. The molecule has 2 aliphatic heterocycles. The fourth-order valence-electron chi connectivity index (χ4n) is 3.80. The molecule has 0 aliphatic carbocycles. The Kier molecular flexibility index (Phi) is 5.81. The summed E-state index contributed by atoms with van der Waals surface area (Å²) < 4.78 is 5.26. The Morgan fingerprint density at radius 2 is 1.72 bits per heavy atom. The number of rotatable bonds is 4. The quantitative estimate of drug-likeness (QED) is 0.603. The molecular weight excluding hydrogens is 382 g/mol. The van der Waals surface area contributed by atoms with Crippen molar-refractivity contribution in [1.29, 1.82) is 0 Å². The van der Waals surface area contributed by atoms with Crippen molar-refractivity contribution in [3.05, 3.63) is 59.8 Å². The van der Waals surface area contributed by atoms with E-state index < -0.39 is 0 Å². The minimum Gasteiger partial charge on any atom is -0.497 e. The summed E-state index contributed by atoms with van der Waals surface area (Å²) in [6.07, 6.45) is 6.99. The van der Waals surface area contributed by atoms with E-state index >= 15 is 0 Å². The highest BCUT2D eigenvalue weighted by molar-refractivity contribution is 7.80. The molecule has 4 rings (SSSR count). The van der Waals surface area contributed by atoms with E-state index in [9.17, 15) is 4.79 Å². The molecule has 6 heteroatoms. The van der Waals surface area contributed by atoms with E-state index in [2.05, 4.69) is 34.5 Å². The van der Waals surface area contributed by atoms with Crippen molar-refractivity contribution in [2.75, 3.05) is 30.0 Å². The zero-order valence-corrected chi connectivity index (χ0v) is 17.4. The predicted molar refractivity (Wildman–Crippen MR) is 121 cm³/mol. The first kappa shape index (κ1) is 19.5. The standard InChI is InChI=1S/C23H25N3O2S/c1-28-20-8-6-7-19(16-20)26-22(27)21(24-23(26)29)15-17-9-11-18(12-10-17)25-13-4-2-3-5-14-25/h6-12,15-16H,2-5,13-14H2,1H3,(H,24,29)/b21-15-. The molecule has 0 bridgehead atoms. The van der Waals surface area contributed by atoms with Crippen molar-refractivity contribution in [3.8, 4) is 5.75 Å². The Balaban J connectivity index is 1.52. The van der Waals surface area contributed by atoms with E-state index in [1.807, 2.05) is 24.3 Å². The third-order valence-electron chi connectivity index (χ3n) is 5.37. The monoisotopic (exact) mass is 407 g/mol. The van der Waals surface area contributed by atoms with Crippen LogP contribution < -0.4 is 19.9 Å². The molecule has 0 radical (unpaired) electrons. The number of amides is 1. The number of carbonyl (C=O) groups excluding carboxylic acids is 1. The molecule has 5 nitrogen and oxygen atoms in total. The molecule has 1 amide bonds. The number of hydrogen-bond donors (Lipinski definition) is 1. The second-order valence-corrected chi connectivity index (χ2v) is 7.71. The molecule has 2 aromatic carbocycles. The maximum Gasteiger partial charge on any atom is 0.281 e. The van der Waals surface area contributed by atoms with Crippen molar-refractivity contribution < 1.29 is 9.53 Å². The van der Waals surface area contributed by atoms with Crippen LogP contribution in [-0.4, -0.2) is 31.2 Å². The summed E-state index contributed by atoms with van der Waals surface area (Å²) in [6.45, 7) is 2.23. The van der Waals surface area contributed by atoms with Crippen molar-refractivity contribution in [3.63, 3.8) is 0 Å². The molecule has 2 fully saturated rings. The molecule has 0 atom stereocenters. The Morgan fingerprint density at radius 1 is 1.00 bits per heavy atom. The summed E-state index contributed by atoms with van der Waals surface area (Å²) in [7, 11) is 1.60. The largest absolute Gasteiger partial charge is 0.497 e. The van der Waals surface area contributed by atoms with Gasteiger partial charge in [-0.05, 0) is 61.0 Å². The molecule has 2 saturated heterocycles. The Labute approximate surface area is 177 Å². The van der Waals surface area contributed by atoms with Crippen LogP contribution in [0.15, 0.2) is 54.2 Å². The van der Waals surface area contributed by atoms with Gasteiger partial charge in [-0.15, -0.1) is 0 Å². The van der Waals surface area contributed by atoms with Crippen LogP contribution in [0.5, 0.6) is 5.75 Å². The Bertz CT molecular complexity index is 931. The highest BCUT2D eigenvalue weighted by Gasteiger charge is 2.32. The number of nitrogens with zero attached hydrogens (tertiary/aromatic N) is 2. The summed E-state index contributed by atoms with van der Waals surface area (Å²) in [5.41, 5.74) is 3.37. The highest BCUT2D eigenvalue weighted by atomic mass is 32.1. The van der Waals surface area contributed by atoms with E-state index in [0.29, 0.717) is 22.2 Å². The molecule has 1 N–H and O–H groups in total. The lowest BCUT2D eigenvalue weighted by Gasteiger charge is -2.22. The number of nitrogens with one attached hydrogen (secondary N) is 1. The second kappa shape index (κ2) is 8.66. The smallest absolute Gasteiger partial charge is 0.281 e. The van der Waals surface area contributed by atoms with Gasteiger partial charge in [0.15, 0.2) is 5.11 Å². The maximum absolute atomic E-state index is 12.9. The van der Waals surface area contributed by atoms with E-state index in [-0.39, 0.29) is 5.91 Å². The van der Waals surface area contributed by atoms with Crippen molar-refractivity contribution in [2.45, 2.75) is 25.7 Å². The van der Waals surface area contributed by atoms with Gasteiger partial charge in [0, 0.05) is 24.8 Å². The highest BCUT2D eigenvalue weighted by Crippen LogP contribution is 2.26. The van der Waals surface area contributed by atoms with Crippen LogP contribution in [0.3, 0.4) is 0 Å². The third kappa shape index (κ3) is 4.27. The van der Waals surface area contributed by atoms with Gasteiger partial charge in [0.1, 0.15) is 11.4 Å². The number of carbonyl (C=O) groups is 1. The van der Waals surface area contributed by atoms with Gasteiger partial charge in [-0.3, -0.25) is 9.69 Å². The fourth-order valence-corrected chi connectivity index (χ4v) is 4.09. The van der Waals surface area contributed by atoms with E-state index in [0.717, 1.165) is 18.7 Å². The van der Waals surface area contributed by atoms with E-state index in [4.69, 9.17) is 17.0 Å². The summed E-state index contributed by atoms with van der Waals surface area (Å²) in [5, 5.41) is 3.41. The maximum atomic E-state index is 12.9. The van der Waals surface area contributed by atoms with E-state index in [1.165, 1.54) is 36.3 Å². The number of hydrogen-bond acceptors (Lipinski definition) is 4. The lowest BCUT2D eigenvalue weighted by atomic mass is 10.1. The molecule has 2 aromatic rings. The van der Waals surface area contributed by atoms with Crippen molar-refractivity contribution in [2.24, 2.45) is 0 Å². The zero-order chi connectivity index (χ0) is 20.2. The van der Waals surface area contributed by atoms with Crippen LogP contribution in [0.4, 0.5) is 11.4 Å². The van der Waals surface area contributed by atoms with Crippen LogP contribution in [0, 0.1) is 0 Å². The van der Waals surface area contributed by atoms with Gasteiger partial charge < -0.3 is 15.0 Å². The summed E-state index contributed by atoms with van der Waals surface area (Å²) >= 11 is 5.40. The first-order valence-corrected chi connectivity index (χ1v) is 10.4. The van der Waals surface area contributed by atoms with Crippen LogP contribution in [0.2, 0.25) is 0 Å². The molecule has 2 aliphatic rings. The summed E-state index contributed by atoms with van der Waals surface area (Å²) in [5.74, 6) is 0.513. The predicted octanol–water partition coefficient (Wildman–Crippen LogP) is 4.34. The van der Waals surface area contributed by atoms with Gasteiger partial charge in [-0.25, -0.2) is 0 Å². The average Bonchev–Trinajstić information content (AvgIpc) is 2.93. The summed E-state index contributed by atoms with van der Waals surface area (Å²) in [6, 6.07) is 15.7. The van der Waals surface area contributed by atoms with Gasteiger partial charge in [-0.1, -0.05) is 31.0 Å². The fraction of sp³-hybridized carbons (Fsp3) is 0.304. The molecule has 2 heterocycles. The van der Waals surface area contributed by atoms with Crippen molar-refractivity contribution in [1.82, 2.24) is 5.32 Å². The zero-order valence-electron chi connectivity index (χ0n) is 16.6. The van der Waals surface area contributed by atoms with Gasteiger partial charge in [-0.2, -0.15) is 0 Å². The molecule has 0 spiro atoms. The number of ether oxygens (including phenoxy) is 1. The molecule has 0 unspecified atom stereocenters. The number of anilines is 2. The minimum atomic E-state index is -0.167. The minimum absolute atomic E-state index is 0.167. The molecule has 150 valence electrons. The van der Waals surface area contributed by atoms with Gasteiger partial charge in [0.2, 0.25) is 0 Å². The lowest BCUT2D eigenvalue weighted by molar-refractivity contribution is -0.113. The van der Waals surface area contributed by atoms with Crippen LogP contribution in [-0.2, 0) is 4.79 Å². The van der Waals surface area contributed by atoms with Gasteiger partial charge in [0.25, 0.3) is 5.91 Å². The Hall–Kier alpha value is -2.86. The van der Waals surface area contributed by atoms with Crippen molar-refractivity contribution >= 4 is 40.7 Å². The van der Waals surface area contributed by atoms with Crippen LogP contribution in [0.25, 0.3) is 6.08 Å². The first-order chi connectivity index (χ1) is 14.2. The van der Waals surface area contributed by atoms with Gasteiger partial charge in [0.05, 0.1) is 12.8 Å². The van der Waals surface area contributed by atoms with Crippen LogP contribution >= 0.6 is 12.2 Å². The molecule has 0 saturated carbocycles. The third-order valence-corrected chi connectivity index (χ3v) is 5.65. The topological polar surface area (TPSA) is 44.8 Å². The number of methoxy groups -OCH3 is 1. The van der Waals surface area contributed by atoms with Gasteiger partial charge >= 0.3 is 0 Å². The average molecular weight is 408 g/mol.